The Hall–Kier alpha value is -2.27. The smallest absolute Gasteiger partial charge is 0.332 e. The Labute approximate surface area is 211 Å². The molecule has 4 heterocycles. The molecule has 0 aromatic carbocycles. The lowest BCUT2D eigenvalue weighted by Crippen LogP contribution is -2.39. The van der Waals surface area contributed by atoms with E-state index in [0.717, 1.165) is 17.7 Å². The quantitative estimate of drug-likeness (QED) is 0.350. The second-order valence-electron chi connectivity index (χ2n) is 7.19. The van der Waals surface area contributed by atoms with Gasteiger partial charge in [-0.15, -0.1) is 10.2 Å². The van der Waals surface area contributed by atoms with Crippen molar-refractivity contribution in [1.29, 1.82) is 0 Å². The van der Waals surface area contributed by atoms with Crippen molar-refractivity contribution >= 4 is 73.6 Å². The molecule has 0 aliphatic carbocycles. The van der Waals surface area contributed by atoms with Crippen molar-refractivity contribution < 1.29 is 9.53 Å². The highest BCUT2D eigenvalue weighted by atomic mass is 32.2. The van der Waals surface area contributed by atoms with Crippen LogP contribution in [0.4, 0.5) is 5.13 Å². The summed E-state index contributed by atoms with van der Waals surface area (Å²) in [5.74, 6) is -0.0612. The first-order valence-corrected chi connectivity index (χ1v) is 13.3. The fourth-order valence-electron chi connectivity index (χ4n) is 3.30. The SMILES string of the molecule is CCn1c(Sc2nnc(NC(=O)CSC(=S)N3CCOCC3)s2)nc2c1c(=O)n(C)c(=O)n2C. The van der Waals surface area contributed by atoms with Gasteiger partial charge in [-0.1, -0.05) is 35.3 Å². The van der Waals surface area contributed by atoms with Crippen molar-refractivity contribution in [3.05, 3.63) is 20.8 Å². The molecular formula is C18H22N8O4S4. The van der Waals surface area contributed by atoms with Gasteiger partial charge in [-0.3, -0.25) is 24.0 Å². The molecule has 12 nitrogen and oxygen atoms in total. The second kappa shape index (κ2) is 10.6. The van der Waals surface area contributed by atoms with Crippen molar-refractivity contribution in [3.63, 3.8) is 0 Å². The van der Waals surface area contributed by atoms with E-state index >= 15 is 0 Å². The molecular weight excluding hydrogens is 521 g/mol. The molecule has 182 valence electrons. The number of amides is 1. The van der Waals surface area contributed by atoms with Gasteiger partial charge in [0.05, 0.1) is 19.0 Å². The van der Waals surface area contributed by atoms with Crippen molar-refractivity contribution in [2.75, 3.05) is 37.4 Å². The van der Waals surface area contributed by atoms with Crippen LogP contribution in [0.25, 0.3) is 11.2 Å². The van der Waals surface area contributed by atoms with Crippen LogP contribution in [0.5, 0.6) is 0 Å². The molecule has 0 bridgehead atoms. The molecule has 1 N–H and O–H groups in total. The third-order valence-corrected chi connectivity index (χ3v) is 8.46. The lowest BCUT2D eigenvalue weighted by atomic mass is 10.5. The molecule has 0 saturated carbocycles. The molecule has 3 aromatic heterocycles. The Morgan fingerprint density at radius 1 is 1.21 bits per heavy atom. The Morgan fingerprint density at radius 2 is 1.94 bits per heavy atom. The highest BCUT2D eigenvalue weighted by molar-refractivity contribution is 8.23. The zero-order valence-corrected chi connectivity index (χ0v) is 21.9. The molecule has 0 radical (unpaired) electrons. The summed E-state index contributed by atoms with van der Waals surface area (Å²) < 4.78 is 10.7. The number of hydrogen-bond donors (Lipinski definition) is 1. The van der Waals surface area contributed by atoms with E-state index in [9.17, 15) is 14.4 Å². The van der Waals surface area contributed by atoms with E-state index in [4.69, 9.17) is 17.0 Å². The number of thioether (sulfide) groups is 1. The van der Waals surface area contributed by atoms with E-state index in [2.05, 4.69) is 20.5 Å². The number of aryl methyl sites for hydroxylation is 2. The fourth-order valence-corrected chi connectivity index (χ4v) is 6.17. The lowest BCUT2D eigenvalue weighted by molar-refractivity contribution is -0.113. The minimum absolute atomic E-state index is 0.168. The number of nitrogens with one attached hydrogen (secondary N) is 1. The molecule has 1 saturated heterocycles. The van der Waals surface area contributed by atoms with Gasteiger partial charge in [-0.05, 0) is 18.7 Å². The first-order chi connectivity index (χ1) is 16.3. The Balaban J connectivity index is 1.44. The van der Waals surface area contributed by atoms with Crippen LogP contribution in [-0.2, 0) is 30.2 Å². The molecule has 3 aromatic rings. The van der Waals surface area contributed by atoms with Gasteiger partial charge in [0.2, 0.25) is 11.0 Å². The number of hydrogen-bond acceptors (Lipinski definition) is 11. The van der Waals surface area contributed by atoms with Gasteiger partial charge >= 0.3 is 5.69 Å². The molecule has 1 fully saturated rings. The highest BCUT2D eigenvalue weighted by Crippen LogP contribution is 2.32. The number of rotatable bonds is 6. The average molecular weight is 543 g/mol. The zero-order chi connectivity index (χ0) is 24.4. The zero-order valence-electron chi connectivity index (χ0n) is 18.6. The van der Waals surface area contributed by atoms with Crippen LogP contribution in [0.2, 0.25) is 0 Å². The number of fused-ring (bicyclic) bond motifs is 1. The van der Waals surface area contributed by atoms with Gasteiger partial charge in [-0.2, -0.15) is 0 Å². The number of anilines is 1. The van der Waals surface area contributed by atoms with E-state index in [1.54, 1.807) is 11.6 Å². The Morgan fingerprint density at radius 3 is 2.65 bits per heavy atom. The molecule has 1 aliphatic heterocycles. The van der Waals surface area contributed by atoms with Crippen LogP contribution in [0.3, 0.4) is 0 Å². The maximum absolute atomic E-state index is 12.7. The van der Waals surface area contributed by atoms with Crippen molar-refractivity contribution in [2.45, 2.75) is 23.0 Å². The van der Waals surface area contributed by atoms with Crippen LogP contribution in [0.1, 0.15) is 6.92 Å². The average Bonchev–Trinajstić information content (AvgIpc) is 3.44. The second-order valence-corrected chi connectivity index (χ2v) is 11.0. The van der Waals surface area contributed by atoms with E-state index in [0.29, 0.717) is 49.9 Å². The minimum atomic E-state index is -0.443. The molecule has 1 aliphatic rings. The number of thiocarbonyl (C=S) groups is 1. The maximum atomic E-state index is 12.7. The number of carbonyl (C=O) groups is 1. The van der Waals surface area contributed by atoms with Crippen LogP contribution >= 0.6 is 47.1 Å². The van der Waals surface area contributed by atoms with Crippen LogP contribution in [0, 0.1) is 0 Å². The third kappa shape index (κ3) is 5.05. The Kier molecular flexibility index (Phi) is 7.71. The first kappa shape index (κ1) is 24.8. The first-order valence-electron chi connectivity index (χ1n) is 10.3. The number of nitrogens with zero attached hydrogens (tertiary/aromatic N) is 7. The Bertz CT molecular complexity index is 1350. The molecule has 16 heteroatoms. The number of imidazole rings is 1. The van der Waals surface area contributed by atoms with Gasteiger partial charge in [0.25, 0.3) is 5.56 Å². The number of carbonyl (C=O) groups excluding carboxylic acids is 1. The molecule has 4 rings (SSSR count). The molecule has 34 heavy (non-hydrogen) atoms. The topological polar surface area (TPSA) is 129 Å². The van der Waals surface area contributed by atoms with Crippen LogP contribution in [-0.4, -0.2) is 76.1 Å². The number of aromatic nitrogens is 6. The molecule has 0 unspecified atom stereocenters. The monoisotopic (exact) mass is 542 g/mol. The summed E-state index contributed by atoms with van der Waals surface area (Å²) in [6.45, 7) is 5.10. The van der Waals surface area contributed by atoms with Gasteiger partial charge in [0, 0.05) is 33.7 Å². The van der Waals surface area contributed by atoms with Crippen molar-refractivity contribution in [1.82, 2.24) is 33.8 Å². The standard InChI is InChI=1S/C18H22N8O4S4/c1-4-26-11-12(23(2)17(29)24(3)13(11)28)20-15(26)34-16-22-21-14(33-16)19-10(27)9-32-18(31)25-5-7-30-8-6-25/h4-9H2,1-3H3,(H,19,21,27). The highest BCUT2D eigenvalue weighted by Gasteiger charge is 2.21. The molecule has 0 atom stereocenters. The largest absolute Gasteiger partial charge is 0.378 e. The summed E-state index contributed by atoms with van der Waals surface area (Å²) in [5, 5.41) is 11.7. The summed E-state index contributed by atoms with van der Waals surface area (Å²) >= 11 is 9.10. The van der Waals surface area contributed by atoms with E-state index in [-0.39, 0.29) is 11.7 Å². The minimum Gasteiger partial charge on any atom is -0.378 e. The van der Waals surface area contributed by atoms with E-state index < -0.39 is 11.2 Å². The van der Waals surface area contributed by atoms with Crippen molar-refractivity contribution in [2.24, 2.45) is 14.1 Å². The summed E-state index contributed by atoms with van der Waals surface area (Å²) in [6.07, 6.45) is 0. The fraction of sp³-hybridized carbons (Fsp3) is 0.500. The van der Waals surface area contributed by atoms with Crippen LogP contribution < -0.4 is 16.6 Å². The summed E-state index contributed by atoms with van der Waals surface area (Å²) in [5.41, 5.74) is -0.191. The van der Waals surface area contributed by atoms with Crippen LogP contribution in [0.15, 0.2) is 19.1 Å². The van der Waals surface area contributed by atoms with Gasteiger partial charge in [0.15, 0.2) is 20.7 Å². The van der Waals surface area contributed by atoms with E-state index in [1.165, 1.54) is 46.5 Å². The molecule has 1 amide bonds. The van der Waals surface area contributed by atoms with Gasteiger partial charge in [-0.25, -0.2) is 9.78 Å². The van der Waals surface area contributed by atoms with Gasteiger partial charge in [0.1, 0.15) is 4.32 Å². The lowest BCUT2D eigenvalue weighted by Gasteiger charge is -2.28. The number of ether oxygens (including phenoxy) is 1. The predicted octanol–water partition coefficient (Wildman–Crippen LogP) is 0.745. The van der Waals surface area contributed by atoms with E-state index in [1.807, 2.05) is 11.8 Å². The number of morpholine rings is 1. The molecule has 0 spiro atoms. The summed E-state index contributed by atoms with van der Waals surface area (Å²) in [7, 11) is 3.02. The van der Waals surface area contributed by atoms with Gasteiger partial charge < -0.3 is 14.2 Å². The maximum Gasteiger partial charge on any atom is 0.332 e. The van der Waals surface area contributed by atoms with Crippen molar-refractivity contribution in [3.8, 4) is 0 Å². The normalized spacial score (nSPS) is 14.0. The predicted molar refractivity (Wildman–Crippen MR) is 136 cm³/mol. The summed E-state index contributed by atoms with van der Waals surface area (Å²) in [6, 6.07) is 0. The summed E-state index contributed by atoms with van der Waals surface area (Å²) in [4.78, 5) is 43.8. The third-order valence-electron chi connectivity index (χ3n) is 5.06.